The average Bonchev–Trinajstić information content (AvgIpc) is 2.69. The first kappa shape index (κ1) is 14.5. The Morgan fingerprint density at radius 1 is 1.50 bits per heavy atom. The highest BCUT2D eigenvalue weighted by Crippen LogP contribution is 2.32. The summed E-state index contributed by atoms with van der Waals surface area (Å²) < 4.78 is 22.4. The van der Waals surface area contributed by atoms with Crippen LogP contribution in [0.1, 0.15) is 5.56 Å². The standard InChI is InChI=1S/C11H9ClN2O5S/c12-8-3-7(11(15)10(4-8)14(16)17)5-13-9-1-2-20(18,19)6-9/h1-5,9,15H,6H2/t9-/m0/s1. The number of hydrogen-bond donors (Lipinski definition) is 1. The lowest BCUT2D eigenvalue weighted by Gasteiger charge is -2.03. The van der Waals surface area contributed by atoms with E-state index < -0.39 is 32.2 Å². The number of sulfone groups is 1. The number of nitrogens with zero attached hydrogens (tertiary/aromatic N) is 2. The van der Waals surface area contributed by atoms with Crippen molar-refractivity contribution < 1.29 is 18.4 Å². The van der Waals surface area contributed by atoms with Gasteiger partial charge in [-0.1, -0.05) is 11.6 Å². The molecule has 1 aromatic rings. The van der Waals surface area contributed by atoms with E-state index in [9.17, 15) is 23.6 Å². The van der Waals surface area contributed by atoms with E-state index in [1.165, 1.54) is 18.4 Å². The van der Waals surface area contributed by atoms with E-state index in [0.717, 1.165) is 11.5 Å². The maximum atomic E-state index is 11.2. The number of phenols is 1. The summed E-state index contributed by atoms with van der Waals surface area (Å²) in [7, 11) is -3.23. The lowest BCUT2D eigenvalue weighted by Crippen LogP contribution is -2.08. The molecule has 20 heavy (non-hydrogen) atoms. The van der Waals surface area contributed by atoms with Gasteiger partial charge in [-0.25, -0.2) is 8.42 Å². The molecule has 1 aliphatic heterocycles. The van der Waals surface area contributed by atoms with Crippen LogP contribution in [-0.2, 0) is 9.84 Å². The van der Waals surface area contributed by atoms with Crippen LogP contribution >= 0.6 is 11.6 Å². The predicted octanol–water partition coefficient (Wildman–Crippen LogP) is 1.68. The van der Waals surface area contributed by atoms with Gasteiger partial charge in [0.15, 0.2) is 9.84 Å². The maximum absolute atomic E-state index is 11.2. The first-order chi connectivity index (χ1) is 9.28. The molecule has 9 heteroatoms. The molecule has 1 atom stereocenters. The highest BCUT2D eigenvalue weighted by molar-refractivity contribution is 7.94. The lowest BCUT2D eigenvalue weighted by molar-refractivity contribution is -0.385. The topological polar surface area (TPSA) is 110 Å². The minimum atomic E-state index is -3.23. The van der Waals surface area contributed by atoms with Crippen molar-refractivity contribution in [1.29, 1.82) is 0 Å². The Morgan fingerprint density at radius 3 is 2.75 bits per heavy atom. The van der Waals surface area contributed by atoms with E-state index in [-0.39, 0.29) is 16.3 Å². The second-order valence-corrected chi connectivity index (χ2v) is 6.49. The average molecular weight is 317 g/mol. The number of phenolic OH excluding ortho intramolecular Hbond substituents is 1. The molecule has 1 aromatic carbocycles. The van der Waals surface area contributed by atoms with Gasteiger partial charge in [-0.15, -0.1) is 0 Å². The summed E-state index contributed by atoms with van der Waals surface area (Å²) in [5.74, 6) is -0.722. The van der Waals surface area contributed by atoms with Gasteiger partial charge in [-0.3, -0.25) is 15.1 Å². The van der Waals surface area contributed by atoms with Crippen molar-refractivity contribution in [1.82, 2.24) is 0 Å². The third kappa shape index (κ3) is 3.14. The Bertz CT molecular complexity index is 727. The molecule has 0 bridgehead atoms. The molecule has 7 nitrogen and oxygen atoms in total. The summed E-state index contributed by atoms with van der Waals surface area (Å²) in [5, 5.41) is 21.6. The van der Waals surface area contributed by atoms with Gasteiger partial charge >= 0.3 is 5.69 Å². The number of benzene rings is 1. The molecular weight excluding hydrogens is 308 g/mol. The molecule has 0 spiro atoms. The van der Waals surface area contributed by atoms with Crippen molar-refractivity contribution in [3.05, 3.63) is 44.3 Å². The summed E-state index contributed by atoms with van der Waals surface area (Å²) in [4.78, 5) is 13.9. The molecule has 0 saturated heterocycles. The normalized spacial score (nSPS) is 20.6. The van der Waals surface area contributed by atoms with Crippen molar-refractivity contribution in [2.24, 2.45) is 4.99 Å². The lowest BCUT2D eigenvalue weighted by atomic mass is 10.2. The number of hydrogen-bond acceptors (Lipinski definition) is 6. The van der Waals surface area contributed by atoms with Gasteiger partial charge in [-0.05, 0) is 12.1 Å². The van der Waals surface area contributed by atoms with Gasteiger partial charge in [0, 0.05) is 28.3 Å². The second-order valence-electron chi connectivity index (χ2n) is 4.12. The van der Waals surface area contributed by atoms with Crippen LogP contribution in [0.3, 0.4) is 0 Å². The second kappa shape index (κ2) is 5.22. The number of rotatable bonds is 3. The molecule has 0 amide bonds. The fourth-order valence-corrected chi connectivity index (χ4v) is 3.10. The molecule has 0 unspecified atom stereocenters. The van der Waals surface area contributed by atoms with Crippen LogP contribution < -0.4 is 0 Å². The van der Waals surface area contributed by atoms with Gasteiger partial charge in [0.25, 0.3) is 0 Å². The summed E-state index contributed by atoms with van der Waals surface area (Å²) >= 11 is 5.72. The molecule has 0 aliphatic carbocycles. The van der Waals surface area contributed by atoms with E-state index in [1.54, 1.807) is 0 Å². The van der Waals surface area contributed by atoms with Crippen LogP contribution in [0.25, 0.3) is 0 Å². The SMILES string of the molecule is O=[N+]([O-])c1cc(Cl)cc(C=N[C@H]2C=CS(=O)(=O)C2)c1O. The van der Waals surface area contributed by atoms with Crippen LogP contribution in [0.5, 0.6) is 5.75 Å². The summed E-state index contributed by atoms with van der Waals surface area (Å²) in [6, 6.07) is 1.76. The van der Waals surface area contributed by atoms with Crippen molar-refractivity contribution in [2.45, 2.75) is 6.04 Å². The van der Waals surface area contributed by atoms with Crippen molar-refractivity contribution in [2.75, 3.05) is 5.75 Å². The smallest absolute Gasteiger partial charge is 0.312 e. The molecule has 0 fully saturated rings. The fraction of sp³-hybridized carbons (Fsp3) is 0.182. The van der Waals surface area contributed by atoms with E-state index >= 15 is 0 Å². The first-order valence-corrected chi connectivity index (χ1v) is 7.49. The number of nitro groups is 1. The number of aromatic hydroxyl groups is 1. The summed E-state index contributed by atoms with van der Waals surface area (Å²) in [6.07, 6.45) is 2.58. The molecular formula is C11H9ClN2O5S. The van der Waals surface area contributed by atoms with Crippen molar-refractivity contribution in [3.63, 3.8) is 0 Å². The van der Waals surface area contributed by atoms with E-state index in [0.29, 0.717) is 0 Å². The quantitative estimate of drug-likeness (QED) is 0.518. The molecule has 1 aliphatic rings. The summed E-state index contributed by atoms with van der Waals surface area (Å²) in [6.45, 7) is 0. The predicted molar refractivity (Wildman–Crippen MR) is 74.1 cm³/mol. The molecule has 106 valence electrons. The van der Waals surface area contributed by atoms with Gasteiger partial charge in [0.2, 0.25) is 5.75 Å². The minimum Gasteiger partial charge on any atom is -0.502 e. The first-order valence-electron chi connectivity index (χ1n) is 5.39. The maximum Gasteiger partial charge on any atom is 0.312 e. The van der Waals surface area contributed by atoms with Crippen LogP contribution in [0.15, 0.2) is 28.6 Å². The zero-order valence-electron chi connectivity index (χ0n) is 9.93. The highest BCUT2D eigenvalue weighted by atomic mass is 35.5. The fourth-order valence-electron chi connectivity index (χ4n) is 1.67. The van der Waals surface area contributed by atoms with E-state index in [4.69, 9.17) is 11.6 Å². The molecule has 0 saturated carbocycles. The van der Waals surface area contributed by atoms with Gasteiger partial charge in [0.05, 0.1) is 16.7 Å². The van der Waals surface area contributed by atoms with Crippen LogP contribution in [0.2, 0.25) is 5.02 Å². The van der Waals surface area contributed by atoms with Gasteiger partial charge < -0.3 is 5.11 Å². The minimum absolute atomic E-state index is 0.0573. The zero-order chi connectivity index (χ0) is 14.9. The Labute approximate surface area is 119 Å². The number of halogens is 1. The molecule has 2 rings (SSSR count). The van der Waals surface area contributed by atoms with Gasteiger partial charge in [0.1, 0.15) is 0 Å². The van der Waals surface area contributed by atoms with E-state index in [1.807, 2.05) is 0 Å². The Kier molecular flexibility index (Phi) is 3.78. The van der Waals surface area contributed by atoms with Crippen LogP contribution in [-0.4, -0.2) is 36.5 Å². The number of aliphatic imine (C=N–C) groups is 1. The van der Waals surface area contributed by atoms with Crippen LogP contribution in [0.4, 0.5) is 5.69 Å². The largest absolute Gasteiger partial charge is 0.502 e. The van der Waals surface area contributed by atoms with Crippen molar-refractivity contribution in [3.8, 4) is 5.75 Å². The molecule has 0 radical (unpaired) electrons. The van der Waals surface area contributed by atoms with Gasteiger partial charge in [-0.2, -0.15) is 0 Å². The Balaban J connectivity index is 2.31. The van der Waals surface area contributed by atoms with Crippen LogP contribution in [0, 0.1) is 10.1 Å². The molecule has 1 heterocycles. The third-order valence-corrected chi connectivity index (χ3v) is 4.19. The van der Waals surface area contributed by atoms with Crippen molar-refractivity contribution >= 4 is 33.3 Å². The molecule has 1 N–H and O–H groups in total. The zero-order valence-corrected chi connectivity index (χ0v) is 11.5. The number of nitro benzene ring substituents is 1. The third-order valence-electron chi connectivity index (χ3n) is 2.60. The Hall–Kier alpha value is -1.93. The summed E-state index contributed by atoms with van der Waals surface area (Å²) in [5.41, 5.74) is -0.476. The highest BCUT2D eigenvalue weighted by Gasteiger charge is 2.21. The van der Waals surface area contributed by atoms with E-state index in [2.05, 4.69) is 4.99 Å². The Morgan fingerprint density at radius 2 is 2.20 bits per heavy atom. The monoisotopic (exact) mass is 316 g/mol. The molecule has 0 aromatic heterocycles.